The number of methoxy groups -OCH3 is 1. The largest absolute Gasteiger partial charge is 0.504 e. The van der Waals surface area contributed by atoms with Crippen molar-refractivity contribution in [3.63, 3.8) is 0 Å². The van der Waals surface area contributed by atoms with Crippen LogP contribution in [-0.2, 0) is 9.53 Å². The summed E-state index contributed by atoms with van der Waals surface area (Å²) in [7, 11) is 1.05. The van der Waals surface area contributed by atoms with E-state index in [1.54, 1.807) is 6.92 Å². The molecule has 1 aromatic rings. The molecule has 20 heavy (non-hydrogen) atoms. The quantitative estimate of drug-likeness (QED) is 0.504. The summed E-state index contributed by atoms with van der Waals surface area (Å²) in [5.41, 5.74) is -0.0756. The van der Waals surface area contributed by atoms with Crippen LogP contribution in [0.15, 0.2) is 12.1 Å². The number of rotatable bonds is 6. The van der Waals surface area contributed by atoms with Crippen molar-refractivity contribution in [1.82, 2.24) is 0 Å². The van der Waals surface area contributed by atoms with Crippen molar-refractivity contribution >= 4 is 12.3 Å². The summed E-state index contributed by atoms with van der Waals surface area (Å²) in [5.74, 6) is -1.54. The number of carbonyl (C=O) groups excluding carboxylic acids is 2. The Kier molecular flexibility index (Phi) is 5.48. The van der Waals surface area contributed by atoms with E-state index < -0.39 is 23.9 Å². The average Bonchev–Trinajstić information content (AvgIpc) is 2.47. The summed E-state index contributed by atoms with van der Waals surface area (Å²) >= 11 is 0. The van der Waals surface area contributed by atoms with Gasteiger partial charge >= 0.3 is 5.97 Å². The van der Waals surface area contributed by atoms with Gasteiger partial charge in [0.25, 0.3) is 0 Å². The second kappa shape index (κ2) is 6.88. The van der Waals surface area contributed by atoms with Gasteiger partial charge in [-0.15, -0.1) is 0 Å². The van der Waals surface area contributed by atoms with Gasteiger partial charge in [0, 0.05) is 11.1 Å². The fraction of sp³-hybridized carbons (Fsp3) is 0.385. The van der Waals surface area contributed by atoms with Crippen LogP contribution in [0.2, 0.25) is 0 Å². The molecule has 0 aliphatic carbocycles. The monoisotopic (exact) mass is 284 g/mol. The highest BCUT2D eigenvalue weighted by molar-refractivity contribution is 5.79. The van der Waals surface area contributed by atoms with Crippen LogP contribution in [0.1, 0.15) is 28.9 Å². The number of ether oxygens (including phenoxy) is 2. The van der Waals surface area contributed by atoms with E-state index in [2.05, 4.69) is 4.74 Å². The molecule has 0 spiro atoms. The Morgan fingerprint density at radius 3 is 2.55 bits per heavy atom. The molecular weight excluding hydrogens is 268 g/mol. The lowest BCUT2D eigenvalue weighted by Crippen LogP contribution is -2.29. The standard InChI is InChI=1S/C13H16O7/c1-3-20-9-5-7(6-14)4-8(10(9)15)11(16)12(17)13(18)19-2/h4-6,11-12,15-17H,3H2,1-2H3. The van der Waals surface area contributed by atoms with Crippen molar-refractivity contribution in [2.45, 2.75) is 19.1 Å². The molecule has 2 atom stereocenters. The normalized spacial score (nSPS) is 13.4. The second-order valence-electron chi connectivity index (χ2n) is 3.92. The first-order valence-electron chi connectivity index (χ1n) is 5.85. The molecule has 7 heteroatoms. The molecule has 0 saturated carbocycles. The number of hydrogen-bond donors (Lipinski definition) is 3. The van der Waals surface area contributed by atoms with Gasteiger partial charge in [0.15, 0.2) is 17.6 Å². The third kappa shape index (κ3) is 3.25. The Hall–Kier alpha value is -2.12. The summed E-state index contributed by atoms with van der Waals surface area (Å²) < 4.78 is 9.42. The minimum atomic E-state index is -1.89. The van der Waals surface area contributed by atoms with E-state index in [1.165, 1.54) is 6.07 Å². The molecule has 0 saturated heterocycles. The molecule has 110 valence electrons. The zero-order valence-corrected chi connectivity index (χ0v) is 11.1. The number of esters is 1. The highest BCUT2D eigenvalue weighted by Gasteiger charge is 2.30. The van der Waals surface area contributed by atoms with Crippen LogP contribution in [-0.4, -0.2) is 47.4 Å². The fourth-order valence-electron chi connectivity index (χ4n) is 1.63. The predicted molar refractivity (Wildman–Crippen MR) is 67.6 cm³/mol. The molecule has 2 unspecified atom stereocenters. The topological polar surface area (TPSA) is 113 Å². The Balaban J connectivity index is 3.25. The van der Waals surface area contributed by atoms with E-state index in [0.29, 0.717) is 6.29 Å². The van der Waals surface area contributed by atoms with E-state index >= 15 is 0 Å². The van der Waals surface area contributed by atoms with Gasteiger partial charge in [-0.1, -0.05) is 0 Å². The molecular formula is C13H16O7. The first-order valence-corrected chi connectivity index (χ1v) is 5.85. The Morgan fingerprint density at radius 1 is 1.40 bits per heavy atom. The number of phenolic OH excluding ortho intramolecular Hbond substituents is 1. The summed E-state index contributed by atoms with van der Waals surface area (Å²) in [5, 5.41) is 29.4. The zero-order chi connectivity index (χ0) is 15.3. The van der Waals surface area contributed by atoms with Gasteiger partial charge in [0.05, 0.1) is 13.7 Å². The maximum Gasteiger partial charge on any atom is 0.337 e. The number of carbonyl (C=O) groups is 2. The van der Waals surface area contributed by atoms with Gasteiger partial charge in [-0.05, 0) is 19.1 Å². The first-order chi connectivity index (χ1) is 9.46. The number of aliphatic hydroxyl groups excluding tert-OH is 2. The number of hydrogen-bond acceptors (Lipinski definition) is 7. The van der Waals surface area contributed by atoms with Crippen LogP contribution >= 0.6 is 0 Å². The van der Waals surface area contributed by atoms with Crippen molar-refractivity contribution in [1.29, 1.82) is 0 Å². The smallest absolute Gasteiger partial charge is 0.337 e. The molecule has 0 heterocycles. The van der Waals surface area contributed by atoms with Crippen molar-refractivity contribution in [3.05, 3.63) is 23.3 Å². The van der Waals surface area contributed by atoms with E-state index in [4.69, 9.17) is 4.74 Å². The zero-order valence-electron chi connectivity index (χ0n) is 11.1. The summed E-state index contributed by atoms with van der Waals surface area (Å²) in [4.78, 5) is 22.0. The number of aromatic hydroxyl groups is 1. The van der Waals surface area contributed by atoms with Crippen molar-refractivity contribution < 1.29 is 34.4 Å². The molecule has 0 aromatic heterocycles. The van der Waals surface area contributed by atoms with Crippen molar-refractivity contribution in [2.75, 3.05) is 13.7 Å². The maximum absolute atomic E-state index is 11.2. The molecule has 0 fully saturated rings. The molecule has 0 aliphatic heterocycles. The molecule has 1 rings (SSSR count). The number of phenols is 1. The average molecular weight is 284 g/mol. The van der Waals surface area contributed by atoms with Gasteiger partial charge in [0.1, 0.15) is 12.4 Å². The minimum absolute atomic E-state index is 0.0248. The van der Waals surface area contributed by atoms with Gasteiger partial charge in [0.2, 0.25) is 0 Å². The molecule has 7 nitrogen and oxygen atoms in total. The Labute approximate surface area is 115 Å². The summed E-state index contributed by atoms with van der Waals surface area (Å²) in [6.07, 6.45) is -3.15. The number of aliphatic hydroxyl groups is 2. The highest BCUT2D eigenvalue weighted by atomic mass is 16.5. The minimum Gasteiger partial charge on any atom is -0.504 e. The molecule has 0 amide bonds. The molecule has 1 aromatic carbocycles. The van der Waals surface area contributed by atoms with Crippen molar-refractivity contribution in [2.24, 2.45) is 0 Å². The van der Waals surface area contributed by atoms with Crippen LogP contribution in [0.3, 0.4) is 0 Å². The lowest BCUT2D eigenvalue weighted by Gasteiger charge is -2.19. The highest BCUT2D eigenvalue weighted by Crippen LogP contribution is 2.36. The second-order valence-corrected chi connectivity index (χ2v) is 3.92. The van der Waals surface area contributed by atoms with E-state index in [1.807, 2.05) is 0 Å². The Morgan fingerprint density at radius 2 is 2.05 bits per heavy atom. The third-order valence-electron chi connectivity index (χ3n) is 2.62. The van der Waals surface area contributed by atoms with Crippen LogP contribution in [0, 0.1) is 0 Å². The third-order valence-corrected chi connectivity index (χ3v) is 2.62. The van der Waals surface area contributed by atoms with Gasteiger partial charge in [-0.3, -0.25) is 4.79 Å². The van der Waals surface area contributed by atoms with Crippen LogP contribution in [0.25, 0.3) is 0 Å². The molecule has 0 radical (unpaired) electrons. The lowest BCUT2D eigenvalue weighted by molar-refractivity contribution is -0.156. The van der Waals surface area contributed by atoms with E-state index in [9.17, 15) is 24.9 Å². The molecule has 3 N–H and O–H groups in total. The number of aldehydes is 1. The van der Waals surface area contributed by atoms with E-state index in [-0.39, 0.29) is 23.5 Å². The first kappa shape index (κ1) is 15.9. The van der Waals surface area contributed by atoms with Crippen LogP contribution in [0.5, 0.6) is 11.5 Å². The lowest BCUT2D eigenvalue weighted by atomic mass is 10.0. The number of benzene rings is 1. The van der Waals surface area contributed by atoms with Gasteiger partial charge < -0.3 is 24.8 Å². The maximum atomic E-state index is 11.2. The van der Waals surface area contributed by atoms with Crippen LogP contribution < -0.4 is 4.74 Å². The van der Waals surface area contributed by atoms with Crippen LogP contribution in [0.4, 0.5) is 0 Å². The Bertz CT molecular complexity index is 498. The molecule has 0 aliphatic rings. The van der Waals surface area contributed by atoms with Gasteiger partial charge in [-0.2, -0.15) is 0 Å². The predicted octanol–water partition coefficient (Wildman–Crippen LogP) is 0.171. The van der Waals surface area contributed by atoms with Gasteiger partial charge in [-0.25, -0.2) is 4.79 Å². The summed E-state index contributed by atoms with van der Waals surface area (Å²) in [6, 6.07) is 2.44. The van der Waals surface area contributed by atoms with Crippen molar-refractivity contribution in [3.8, 4) is 11.5 Å². The van der Waals surface area contributed by atoms with E-state index in [0.717, 1.165) is 13.2 Å². The SMILES string of the molecule is CCOc1cc(C=O)cc(C(O)C(O)C(=O)OC)c1O. The fourth-order valence-corrected chi connectivity index (χ4v) is 1.63. The molecule has 0 bridgehead atoms. The summed E-state index contributed by atoms with van der Waals surface area (Å²) in [6.45, 7) is 1.90.